The molecule has 1 fully saturated rings. The lowest BCUT2D eigenvalue weighted by molar-refractivity contribution is 0.549. The molecule has 0 saturated heterocycles. The second-order valence-electron chi connectivity index (χ2n) is 4.25. The van der Waals surface area contributed by atoms with Crippen molar-refractivity contribution in [1.29, 1.82) is 0 Å². The third-order valence-electron chi connectivity index (χ3n) is 3.05. The van der Waals surface area contributed by atoms with E-state index in [-0.39, 0.29) is 0 Å². The lowest BCUT2D eigenvalue weighted by Crippen LogP contribution is -2.39. The number of likely N-dealkylation sites (N-methyl/N-ethyl adjacent to an activating group) is 2. The van der Waals surface area contributed by atoms with Crippen molar-refractivity contribution in [3.63, 3.8) is 0 Å². The third-order valence-corrected chi connectivity index (χ3v) is 3.26. The first-order valence-electron chi connectivity index (χ1n) is 5.16. The highest BCUT2D eigenvalue weighted by atomic mass is 35.5. The van der Waals surface area contributed by atoms with Crippen molar-refractivity contribution in [2.75, 3.05) is 25.5 Å². The molecule has 1 heterocycles. The van der Waals surface area contributed by atoms with Gasteiger partial charge in [0.15, 0.2) is 0 Å². The van der Waals surface area contributed by atoms with Crippen LogP contribution in [0.3, 0.4) is 0 Å². The van der Waals surface area contributed by atoms with E-state index in [2.05, 4.69) is 22.2 Å². The Labute approximate surface area is 95.4 Å². The summed E-state index contributed by atoms with van der Waals surface area (Å²) in [5.41, 5.74) is 1.39. The summed E-state index contributed by atoms with van der Waals surface area (Å²) in [5, 5.41) is 4.06. The lowest BCUT2D eigenvalue weighted by Gasteiger charge is -2.25. The van der Waals surface area contributed by atoms with Gasteiger partial charge in [-0.3, -0.25) is 4.98 Å². The highest BCUT2D eigenvalue weighted by Crippen LogP contribution is 2.36. The van der Waals surface area contributed by atoms with Gasteiger partial charge < -0.3 is 10.2 Å². The van der Waals surface area contributed by atoms with E-state index in [0.717, 1.165) is 12.2 Å². The summed E-state index contributed by atoms with van der Waals surface area (Å²) in [6.45, 7) is 1.01. The molecular formula is C11H16ClN3. The van der Waals surface area contributed by atoms with Gasteiger partial charge in [-0.15, -0.1) is 0 Å². The van der Waals surface area contributed by atoms with Crippen LogP contribution in [0.5, 0.6) is 0 Å². The van der Waals surface area contributed by atoms with E-state index in [9.17, 15) is 0 Å². The first kappa shape index (κ1) is 10.7. The lowest BCUT2D eigenvalue weighted by atomic mass is 10.2. The molecule has 0 amide bonds. The molecule has 3 nitrogen and oxygen atoms in total. The van der Waals surface area contributed by atoms with Crippen LogP contribution in [0, 0.1) is 0 Å². The zero-order chi connectivity index (χ0) is 10.9. The molecule has 1 aromatic rings. The fraction of sp³-hybridized carbons (Fsp3) is 0.545. The second kappa shape index (κ2) is 3.99. The predicted octanol–water partition coefficient (Wildman–Crippen LogP) is 1.92. The number of nitrogens with zero attached hydrogens (tertiary/aromatic N) is 2. The maximum atomic E-state index is 5.90. The molecule has 0 unspecified atom stereocenters. The van der Waals surface area contributed by atoms with Crippen LogP contribution in [-0.2, 0) is 0 Å². The number of aromatic nitrogens is 1. The Kier molecular flexibility index (Phi) is 2.85. The molecule has 1 N–H and O–H groups in total. The van der Waals surface area contributed by atoms with Gasteiger partial charge >= 0.3 is 0 Å². The molecule has 82 valence electrons. The zero-order valence-corrected chi connectivity index (χ0v) is 9.88. The van der Waals surface area contributed by atoms with E-state index >= 15 is 0 Å². The van der Waals surface area contributed by atoms with Gasteiger partial charge in [-0.25, -0.2) is 0 Å². The second-order valence-corrected chi connectivity index (χ2v) is 4.68. The quantitative estimate of drug-likeness (QED) is 0.849. The molecular weight excluding hydrogens is 210 g/mol. The summed E-state index contributed by atoms with van der Waals surface area (Å²) in [6.07, 6.45) is 6.01. The van der Waals surface area contributed by atoms with E-state index in [1.807, 2.05) is 19.3 Å². The maximum absolute atomic E-state index is 5.90. The summed E-state index contributed by atoms with van der Waals surface area (Å²) in [5.74, 6) is 0. The van der Waals surface area contributed by atoms with Crippen LogP contribution in [0.1, 0.15) is 12.8 Å². The standard InChI is InChI=1S/C11H16ClN3/c1-13-11(3-4-11)8-15(2)10-5-9(12)6-14-7-10/h5-7,13H,3-4,8H2,1-2H3. The molecule has 0 aliphatic heterocycles. The van der Waals surface area contributed by atoms with Crippen molar-refractivity contribution in [1.82, 2.24) is 10.3 Å². The van der Waals surface area contributed by atoms with Crippen LogP contribution in [0.2, 0.25) is 5.02 Å². The number of pyridine rings is 1. The monoisotopic (exact) mass is 225 g/mol. The first-order chi connectivity index (χ1) is 7.15. The van der Waals surface area contributed by atoms with Gasteiger partial charge in [-0.1, -0.05) is 11.6 Å². The Morgan fingerprint density at radius 2 is 2.27 bits per heavy atom. The van der Waals surface area contributed by atoms with Gasteiger partial charge in [-0.2, -0.15) is 0 Å². The largest absolute Gasteiger partial charge is 0.371 e. The van der Waals surface area contributed by atoms with Crippen LogP contribution in [0.15, 0.2) is 18.5 Å². The maximum Gasteiger partial charge on any atom is 0.0609 e. The van der Waals surface area contributed by atoms with E-state index in [1.54, 1.807) is 6.20 Å². The molecule has 0 bridgehead atoms. The zero-order valence-electron chi connectivity index (χ0n) is 9.13. The van der Waals surface area contributed by atoms with Gasteiger partial charge in [0.05, 0.1) is 16.9 Å². The molecule has 1 aliphatic rings. The average molecular weight is 226 g/mol. The Morgan fingerprint density at radius 3 is 2.80 bits per heavy atom. The van der Waals surface area contributed by atoms with Crippen molar-refractivity contribution in [3.05, 3.63) is 23.5 Å². The minimum Gasteiger partial charge on any atom is -0.371 e. The van der Waals surface area contributed by atoms with Crippen molar-refractivity contribution in [2.45, 2.75) is 18.4 Å². The van der Waals surface area contributed by atoms with Gasteiger partial charge in [0.1, 0.15) is 0 Å². The van der Waals surface area contributed by atoms with Crippen LogP contribution in [-0.4, -0.2) is 31.2 Å². The fourth-order valence-corrected chi connectivity index (χ4v) is 1.96. The van der Waals surface area contributed by atoms with Gasteiger partial charge in [0.2, 0.25) is 0 Å². The van der Waals surface area contributed by atoms with E-state index in [4.69, 9.17) is 11.6 Å². The smallest absolute Gasteiger partial charge is 0.0609 e. The molecule has 0 aromatic carbocycles. The highest BCUT2D eigenvalue weighted by molar-refractivity contribution is 6.30. The summed E-state index contributed by atoms with van der Waals surface area (Å²) in [6, 6.07) is 1.94. The first-order valence-corrected chi connectivity index (χ1v) is 5.54. The topological polar surface area (TPSA) is 28.2 Å². The van der Waals surface area contributed by atoms with Crippen molar-refractivity contribution < 1.29 is 0 Å². The molecule has 2 rings (SSSR count). The van der Waals surface area contributed by atoms with Gasteiger partial charge in [0, 0.05) is 25.3 Å². The van der Waals surface area contributed by atoms with E-state index in [0.29, 0.717) is 10.6 Å². The average Bonchev–Trinajstić information content (AvgIpc) is 2.98. The van der Waals surface area contributed by atoms with Crippen LogP contribution in [0.4, 0.5) is 5.69 Å². The van der Waals surface area contributed by atoms with E-state index in [1.165, 1.54) is 12.8 Å². The number of hydrogen-bond acceptors (Lipinski definition) is 3. The summed E-state index contributed by atoms with van der Waals surface area (Å²) in [4.78, 5) is 6.28. The summed E-state index contributed by atoms with van der Waals surface area (Å²) < 4.78 is 0. The molecule has 0 atom stereocenters. The summed E-state index contributed by atoms with van der Waals surface area (Å²) >= 11 is 5.90. The Morgan fingerprint density at radius 1 is 1.53 bits per heavy atom. The van der Waals surface area contributed by atoms with Crippen molar-refractivity contribution >= 4 is 17.3 Å². The molecule has 1 aromatic heterocycles. The van der Waals surface area contributed by atoms with Crippen molar-refractivity contribution in [2.24, 2.45) is 0 Å². The third kappa shape index (κ3) is 2.41. The fourth-order valence-electron chi connectivity index (χ4n) is 1.79. The summed E-state index contributed by atoms with van der Waals surface area (Å²) in [7, 11) is 4.10. The predicted molar refractivity (Wildman–Crippen MR) is 63.5 cm³/mol. The Hall–Kier alpha value is -0.800. The van der Waals surface area contributed by atoms with Crippen molar-refractivity contribution in [3.8, 4) is 0 Å². The molecule has 0 spiro atoms. The van der Waals surface area contributed by atoms with Gasteiger partial charge in [0.25, 0.3) is 0 Å². The van der Waals surface area contributed by atoms with E-state index < -0.39 is 0 Å². The molecule has 15 heavy (non-hydrogen) atoms. The molecule has 1 aliphatic carbocycles. The van der Waals surface area contributed by atoms with Crippen LogP contribution in [0.25, 0.3) is 0 Å². The number of hydrogen-bond donors (Lipinski definition) is 1. The van der Waals surface area contributed by atoms with Gasteiger partial charge in [-0.05, 0) is 26.0 Å². The number of rotatable bonds is 4. The highest BCUT2D eigenvalue weighted by Gasteiger charge is 2.41. The normalized spacial score (nSPS) is 17.5. The minimum absolute atomic E-state index is 0.317. The molecule has 4 heteroatoms. The molecule has 1 saturated carbocycles. The SMILES string of the molecule is CNC1(CN(C)c2cncc(Cl)c2)CC1. The van der Waals surface area contributed by atoms with Crippen LogP contribution < -0.4 is 10.2 Å². The van der Waals surface area contributed by atoms with Crippen LogP contribution >= 0.6 is 11.6 Å². The number of halogens is 1. The molecule has 0 radical (unpaired) electrons. The minimum atomic E-state index is 0.317. The number of nitrogens with one attached hydrogen (secondary N) is 1. The Balaban J connectivity index is 2.04. The Bertz CT molecular complexity index is 349. The number of anilines is 1.